The van der Waals surface area contributed by atoms with Gasteiger partial charge in [-0.25, -0.2) is 0 Å². The molecule has 0 aliphatic heterocycles. The predicted octanol–water partition coefficient (Wildman–Crippen LogP) is 12.8. The van der Waals surface area contributed by atoms with Gasteiger partial charge in [-0.2, -0.15) is 0 Å². The SMILES string of the molecule is Cc1c2ccccc2c(-c2ccc(-c3c4ccccc4c(-c4ccc5ccccc5c4)c4ccccc34)cc2)c2ccccc12. The average Bonchev–Trinajstić information content (AvgIpc) is 3.11. The maximum Gasteiger partial charge on any atom is -0.00262 e. The van der Waals surface area contributed by atoms with Crippen LogP contribution in [0, 0.1) is 6.92 Å². The number of rotatable bonds is 3. The Balaban J connectivity index is 1.28. The second-order valence-electron chi connectivity index (χ2n) is 12.1. The van der Waals surface area contributed by atoms with Gasteiger partial charge in [0.15, 0.2) is 0 Å². The van der Waals surface area contributed by atoms with Crippen molar-refractivity contribution in [2.75, 3.05) is 0 Å². The zero-order valence-corrected chi connectivity index (χ0v) is 25.1. The molecule has 0 radical (unpaired) electrons. The normalized spacial score (nSPS) is 11.7. The van der Waals surface area contributed by atoms with Gasteiger partial charge in [0.1, 0.15) is 0 Å². The van der Waals surface area contributed by atoms with Crippen molar-refractivity contribution in [2.24, 2.45) is 0 Å². The molecule has 210 valence electrons. The summed E-state index contributed by atoms with van der Waals surface area (Å²) in [4.78, 5) is 0. The van der Waals surface area contributed by atoms with Crippen molar-refractivity contribution in [1.82, 2.24) is 0 Å². The molecular formula is C45H30. The fourth-order valence-corrected chi connectivity index (χ4v) is 7.56. The largest absolute Gasteiger partial charge is 0.0616 e. The van der Waals surface area contributed by atoms with Crippen LogP contribution in [-0.4, -0.2) is 0 Å². The first-order chi connectivity index (χ1) is 22.3. The maximum absolute atomic E-state index is 2.34. The number of benzene rings is 9. The summed E-state index contributed by atoms with van der Waals surface area (Å²) >= 11 is 0. The topological polar surface area (TPSA) is 0 Å². The van der Waals surface area contributed by atoms with E-state index in [9.17, 15) is 0 Å². The number of hydrogen-bond acceptors (Lipinski definition) is 0. The average molecular weight is 571 g/mol. The molecule has 0 nitrogen and oxygen atoms in total. The number of fused-ring (bicyclic) bond motifs is 5. The van der Waals surface area contributed by atoms with Gasteiger partial charge in [-0.05, 0) is 106 Å². The molecule has 0 unspecified atom stereocenters. The Bertz CT molecular complexity index is 2470. The minimum Gasteiger partial charge on any atom is -0.0616 e. The lowest BCUT2D eigenvalue weighted by Gasteiger charge is -2.19. The van der Waals surface area contributed by atoms with E-state index in [0.717, 1.165) is 0 Å². The molecule has 0 saturated heterocycles. The fraction of sp³-hybridized carbons (Fsp3) is 0.0222. The Kier molecular flexibility index (Phi) is 5.83. The van der Waals surface area contributed by atoms with Crippen molar-refractivity contribution >= 4 is 53.9 Å². The van der Waals surface area contributed by atoms with Gasteiger partial charge < -0.3 is 0 Å². The summed E-state index contributed by atoms with van der Waals surface area (Å²) in [6, 6.07) is 60.3. The third-order valence-electron chi connectivity index (χ3n) is 9.63. The lowest BCUT2D eigenvalue weighted by Crippen LogP contribution is -1.92. The van der Waals surface area contributed by atoms with Crippen LogP contribution >= 0.6 is 0 Å². The molecule has 45 heavy (non-hydrogen) atoms. The van der Waals surface area contributed by atoms with Gasteiger partial charge in [0, 0.05) is 0 Å². The zero-order chi connectivity index (χ0) is 29.9. The summed E-state index contributed by atoms with van der Waals surface area (Å²) in [5.74, 6) is 0. The van der Waals surface area contributed by atoms with E-state index in [-0.39, 0.29) is 0 Å². The highest BCUT2D eigenvalue weighted by Crippen LogP contribution is 2.45. The molecular weight excluding hydrogens is 540 g/mol. The Morgan fingerprint density at radius 3 is 1.02 bits per heavy atom. The summed E-state index contributed by atoms with van der Waals surface area (Å²) in [6.45, 7) is 2.25. The molecule has 0 bridgehead atoms. The molecule has 0 aliphatic rings. The molecule has 0 heterocycles. The summed E-state index contributed by atoms with van der Waals surface area (Å²) in [7, 11) is 0. The van der Waals surface area contributed by atoms with Crippen molar-refractivity contribution in [2.45, 2.75) is 6.92 Å². The third-order valence-corrected chi connectivity index (χ3v) is 9.63. The molecule has 9 aromatic carbocycles. The highest BCUT2D eigenvalue weighted by molar-refractivity contribution is 6.22. The van der Waals surface area contributed by atoms with Gasteiger partial charge in [-0.1, -0.05) is 158 Å². The van der Waals surface area contributed by atoms with Crippen LogP contribution in [0.15, 0.2) is 164 Å². The summed E-state index contributed by atoms with van der Waals surface area (Å²) < 4.78 is 0. The zero-order valence-electron chi connectivity index (χ0n) is 25.1. The first kappa shape index (κ1) is 25.7. The van der Waals surface area contributed by atoms with E-state index < -0.39 is 0 Å². The highest BCUT2D eigenvalue weighted by Gasteiger charge is 2.18. The molecule has 0 atom stereocenters. The van der Waals surface area contributed by atoms with Crippen molar-refractivity contribution in [3.63, 3.8) is 0 Å². The van der Waals surface area contributed by atoms with Crippen molar-refractivity contribution in [1.29, 1.82) is 0 Å². The van der Waals surface area contributed by atoms with E-state index in [2.05, 4.69) is 171 Å². The number of aryl methyl sites for hydroxylation is 1. The van der Waals surface area contributed by atoms with Gasteiger partial charge in [-0.15, -0.1) is 0 Å². The van der Waals surface area contributed by atoms with Crippen LogP contribution in [0.2, 0.25) is 0 Å². The molecule has 0 heteroatoms. The second-order valence-corrected chi connectivity index (χ2v) is 12.1. The lowest BCUT2D eigenvalue weighted by atomic mass is 9.84. The van der Waals surface area contributed by atoms with Crippen LogP contribution in [0.3, 0.4) is 0 Å². The van der Waals surface area contributed by atoms with Gasteiger partial charge in [0.25, 0.3) is 0 Å². The first-order valence-electron chi connectivity index (χ1n) is 15.7. The molecule has 0 saturated carbocycles. The van der Waals surface area contributed by atoms with E-state index in [4.69, 9.17) is 0 Å². The van der Waals surface area contributed by atoms with Gasteiger partial charge in [0.05, 0.1) is 0 Å². The Hall–Kier alpha value is -5.72. The van der Waals surface area contributed by atoms with Crippen molar-refractivity contribution in [3.8, 4) is 33.4 Å². The molecule has 0 spiro atoms. The van der Waals surface area contributed by atoms with Crippen LogP contribution in [0.4, 0.5) is 0 Å². The molecule has 9 rings (SSSR count). The van der Waals surface area contributed by atoms with Crippen LogP contribution in [0.5, 0.6) is 0 Å². The minimum absolute atomic E-state index is 1.23. The number of hydrogen-bond donors (Lipinski definition) is 0. The Morgan fingerprint density at radius 2 is 0.578 bits per heavy atom. The van der Waals surface area contributed by atoms with Crippen LogP contribution in [0.25, 0.3) is 87.2 Å². The van der Waals surface area contributed by atoms with E-state index in [1.54, 1.807) is 0 Å². The van der Waals surface area contributed by atoms with E-state index in [1.807, 2.05) is 0 Å². The monoisotopic (exact) mass is 570 g/mol. The Morgan fingerprint density at radius 1 is 0.267 bits per heavy atom. The molecule has 9 aromatic rings. The predicted molar refractivity (Wildman–Crippen MR) is 195 cm³/mol. The lowest BCUT2D eigenvalue weighted by molar-refractivity contribution is 1.57. The van der Waals surface area contributed by atoms with Gasteiger partial charge in [-0.3, -0.25) is 0 Å². The van der Waals surface area contributed by atoms with E-state index >= 15 is 0 Å². The second kappa shape index (κ2) is 10.2. The third kappa shape index (κ3) is 4.00. The van der Waals surface area contributed by atoms with Crippen LogP contribution in [-0.2, 0) is 0 Å². The van der Waals surface area contributed by atoms with Crippen LogP contribution < -0.4 is 0 Å². The highest BCUT2D eigenvalue weighted by atomic mass is 14.2. The van der Waals surface area contributed by atoms with Crippen molar-refractivity contribution < 1.29 is 0 Å². The van der Waals surface area contributed by atoms with Crippen LogP contribution in [0.1, 0.15) is 5.56 Å². The van der Waals surface area contributed by atoms with Gasteiger partial charge >= 0.3 is 0 Å². The molecule has 0 aromatic heterocycles. The summed E-state index contributed by atoms with van der Waals surface area (Å²) in [6.07, 6.45) is 0. The van der Waals surface area contributed by atoms with Crippen molar-refractivity contribution in [3.05, 3.63) is 169 Å². The Labute approximate surface area is 262 Å². The molecule has 0 aliphatic carbocycles. The summed E-state index contributed by atoms with van der Waals surface area (Å²) in [5, 5.41) is 12.9. The van der Waals surface area contributed by atoms with E-state index in [0.29, 0.717) is 0 Å². The standard InChI is InChI=1S/C45H30/c1-29-35-14-4-6-16-37(35)43(38-17-7-5-15-36(29)38)31-23-25-32(26-24-31)44-39-18-8-10-20-41(39)45(42-21-11-9-19-40(42)44)34-27-22-30-12-2-3-13-33(30)28-34/h2-28H,1H3. The molecule has 0 N–H and O–H groups in total. The van der Waals surface area contributed by atoms with Gasteiger partial charge in [0.2, 0.25) is 0 Å². The molecule has 0 amide bonds. The fourth-order valence-electron chi connectivity index (χ4n) is 7.56. The quantitative estimate of drug-likeness (QED) is 0.185. The first-order valence-corrected chi connectivity index (χ1v) is 15.7. The van der Waals surface area contributed by atoms with E-state index in [1.165, 1.54) is 92.8 Å². The smallest absolute Gasteiger partial charge is 0.00262 e. The maximum atomic E-state index is 2.34. The minimum atomic E-state index is 1.23. The molecule has 0 fully saturated rings. The summed E-state index contributed by atoms with van der Waals surface area (Å²) in [5.41, 5.74) is 8.96.